The van der Waals surface area contributed by atoms with E-state index in [-0.39, 0.29) is 0 Å². The third-order valence-electron chi connectivity index (χ3n) is 3.51. The number of benzene rings is 1. The molecular formula is C16H23N3OS. The number of aryl methyl sites for hydroxylation is 1. The Balaban J connectivity index is 1.80. The molecule has 0 bridgehead atoms. The Morgan fingerprint density at radius 2 is 2.00 bits per heavy atom. The highest BCUT2D eigenvalue weighted by atomic mass is 32.1. The molecule has 1 aromatic carbocycles. The van der Waals surface area contributed by atoms with E-state index in [1.165, 1.54) is 5.56 Å². The van der Waals surface area contributed by atoms with Gasteiger partial charge in [-0.1, -0.05) is 26.0 Å². The van der Waals surface area contributed by atoms with Crippen molar-refractivity contribution in [2.24, 2.45) is 0 Å². The number of H-pyrrole nitrogens is 1. The highest BCUT2D eigenvalue weighted by Gasteiger charge is 2.04. The van der Waals surface area contributed by atoms with E-state index in [2.05, 4.69) is 43.1 Å². The fraction of sp³-hybridized carbons (Fsp3) is 0.500. The molecule has 0 fully saturated rings. The molecule has 1 N–H and O–H groups in total. The number of nitrogens with zero attached hydrogens (tertiary/aromatic N) is 2. The smallest absolute Gasteiger partial charge is 0.195 e. The zero-order valence-electron chi connectivity index (χ0n) is 12.9. The Morgan fingerprint density at radius 1 is 1.29 bits per heavy atom. The quantitative estimate of drug-likeness (QED) is 0.619. The summed E-state index contributed by atoms with van der Waals surface area (Å²) in [5.74, 6) is 2.48. The standard InChI is InChI=1S/C16H23N3OS/c1-4-19-15(17-18-16(19)21)6-5-11-20-14-9-7-13(8-10-14)12(2)3/h7-10,12H,4-6,11H2,1-3H3,(H,18,21). The van der Waals surface area contributed by atoms with Crippen molar-refractivity contribution in [3.05, 3.63) is 40.4 Å². The Bertz CT molecular complexity index is 613. The number of hydrogen-bond acceptors (Lipinski definition) is 3. The molecule has 0 spiro atoms. The molecule has 1 aromatic heterocycles. The Labute approximate surface area is 131 Å². The number of aromatic amines is 1. The van der Waals surface area contributed by atoms with Crippen molar-refractivity contribution in [2.45, 2.75) is 46.1 Å². The summed E-state index contributed by atoms with van der Waals surface area (Å²) in [7, 11) is 0. The lowest BCUT2D eigenvalue weighted by molar-refractivity contribution is 0.309. The average molecular weight is 305 g/mol. The van der Waals surface area contributed by atoms with Crippen LogP contribution in [0, 0.1) is 4.77 Å². The maximum Gasteiger partial charge on any atom is 0.195 e. The van der Waals surface area contributed by atoms with Crippen LogP contribution < -0.4 is 4.74 Å². The molecule has 0 aliphatic carbocycles. The van der Waals surface area contributed by atoms with E-state index in [1.54, 1.807) is 0 Å². The van der Waals surface area contributed by atoms with Crippen molar-refractivity contribution in [3.63, 3.8) is 0 Å². The van der Waals surface area contributed by atoms with Gasteiger partial charge in [0, 0.05) is 13.0 Å². The highest BCUT2D eigenvalue weighted by Crippen LogP contribution is 2.18. The van der Waals surface area contributed by atoms with Gasteiger partial charge < -0.3 is 9.30 Å². The lowest BCUT2D eigenvalue weighted by atomic mass is 10.0. The third kappa shape index (κ3) is 4.17. The van der Waals surface area contributed by atoms with Gasteiger partial charge in [-0.05, 0) is 49.2 Å². The fourth-order valence-corrected chi connectivity index (χ4v) is 2.52. The van der Waals surface area contributed by atoms with Gasteiger partial charge in [0.2, 0.25) is 0 Å². The Hall–Kier alpha value is -1.62. The molecule has 21 heavy (non-hydrogen) atoms. The van der Waals surface area contributed by atoms with Crippen LogP contribution in [-0.2, 0) is 13.0 Å². The molecule has 0 unspecified atom stereocenters. The summed E-state index contributed by atoms with van der Waals surface area (Å²) in [5, 5.41) is 7.09. The molecule has 0 saturated carbocycles. The summed E-state index contributed by atoms with van der Waals surface area (Å²) in [6, 6.07) is 8.33. The molecule has 2 aromatic rings. The van der Waals surface area contributed by atoms with Gasteiger partial charge in [0.1, 0.15) is 11.6 Å². The van der Waals surface area contributed by atoms with Gasteiger partial charge in [0.25, 0.3) is 0 Å². The number of ether oxygens (including phenoxy) is 1. The van der Waals surface area contributed by atoms with Crippen LogP contribution in [0.2, 0.25) is 0 Å². The van der Waals surface area contributed by atoms with E-state index < -0.39 is 0 Å². The SMILES string of the molecule is CCn1c(CCCOc2ccc(C(C)C)cc2)n[nH]c1=S. The minimum atomic E-state index is 0.552. The van der Waals surface area contributed by atoms with Crippen molar-refractivity contribution in [1.29, 1.82) is 0 Å². The fourth-order valence-electron chi connectivity index (χ4n) is 2.24. The van der Waals surface area contributed by atoms with Crippen molar-refractivity contribution >= 4 is 12.2 Å². The van der Waals surface area contributed by atoms with Crippen LogP contribution in [0.1, 0.15) is 44.5 Å². The summed E-state index contributed by atoms with van der Waals surface area (Å²) < 4.78 is 8.48. The Morgan fingerprint density at radius 3 is 2.62 bits per heavy atom. The molecule has 0 atom stereocenters. The minimum absolute atomic E-state index is 0.552. The first-order valence-electron chi connectivity index (χ1n) is 7.48. The molecule has 0 aliphatic rings. The monoisotopic (exact) mass is 305 g/mol. The highest BCUT2D eigenvalue weighted by molar-refractivity contribution is 7.71. The maximum atomic E-state index is 5.77. The number of hydrogen-bond donors (Lipinski definition) is 1. The second-order valence-corrected chi connectivity index (χ2v) is 5.75. The van der Waals surface area contributed by atoms with E-state index in [4.69, 9.17) is 17.0 Å². The van der Waals surface area contributed by atoms with E-state index in [9.17, 15) is 0 Å². The van der Waals surface area contributed by atoms with Gasteiger partial charge in [0.15, 0.2) is 4.77 Å². The molecular weight excluding hydrogens is 282 g/mol. The molecule has 4 nitrogen and oxygen atoms in total. The molecule has 2 rings (SSSR count). The number of aromatic nitrogens is 3. The van der Waals surface area contributed by atoms with Gasteiger partial charge in [-0.15, -0.1) is 0 Å². The summed E-state index contributed by atoms with van der Waals surface area (Å²) in [6.45, 7) is 7.99. The van der Waals surface area contributed by atoms with Crippen LogP contribution in [0.25, 0.3) is 0 Å². The first-order valence-corrected chi connectivity index (χ1v) is 7.89. The first-order chi connectivity index (χ1) is 10.1. The largest absolute Gasteiger partial charge is 0.494 e. The predicted octanol–water partition coefficient (Wildman–Crippen LogP) is 4.10. The van der Waals surface area contributed by atoms with Crippen molar-refractivity contribution in [3.8, 4) is 5.75 Å². The van der Waals surface area contributed by atoms with Gasteiger partial charge in [-0.2, -0.15) is 5.10 Å². The molecule has 5 heteroatoms. The van der Waals surface area contributed by atoms with E-state index in [0.29, 0.717) is 17.3 Å². The van der Waals surface area contributed by atoms with Crippen LogP contribution in [0.4, 0.5) is 0 Å². The van der Waals surface area contributed by atoms with Gasteiger partial charge >= 0.3 is 0 Å². The van der Waals surface area contributed by atoms with E-state index in [0.717, 1.165) is 31.0 Å². The third-order valence-corrected chi connectivity index (χ3v) is 3.83. The topological polar surface area (TPSA) is 42.8 Å². The van der Waals surface area contributed by atoms with Crippen LogP contribution in [0.5, 0.6) is 5.75 Å². The molecule has 0 radical (unpaired) electrons. The molecule has 0 saturated heterocycles. The van der Waals surface area contributed by atoms with Crippen LogP contribution in [0.3, 0.4) is 0 Å². The van der Waals surface area contributed by atoms with E-state index in [1.807, 2.05) is 16.7 Å². The zero-order chi connectivity index (χ0) is 15.2. The van der Waals surface area contributed by atoms with Gasteiger partial charge in [0.05, 0.1) is 6.61 Å². The average Bonchev–Trinajstić information content (AvgIpc) is 2.84. The van der Waals surface area contributed by atoms with Gasteiger partial charge in [-0.25, -0.2) is 0 Å². The summed E-state index contributed by atoms with van der Waals surface area (Å²) >= 11 is 5.17. The Kier molecular flexibility index (Phi) is 5.56. The zero-order valence-corrected chi connectivity index (χ0v) is 13.7. The van der Waals surface area contributed by atoms with E-state index >= 15 is 0 Å². The molecule has 114 valence electrons. The van der Waals surface area contributed by atoms with Crippen LogP contribution >= 0.6 is 12.2 Å². The minimum Gasteiger partial charge on any atom is -0.494 e. The van der Waals surface area contributed by atoms with Crippen molar-refractivity contribution in [2.75, 3.05) is 6.61 Å². The van der Waals surface area contributed by atoms with Crippen molar-refractivity contribution < 1.29 is 4.74 Å². The lowest BCUT2D eigenvalue weighted by Crippen LogP contribution is -2.05. The molecule has 0 amide bonds. The summed E-state index contributed by atoms with van der Waals surface area (Å²) in [4.78, 5) is 0. The molecule has 1 heterocycles. The maximum absolute atomic E-state index is 5.77. The second kappa shape index (κ2) is 7.41. The number of rotatable bonds is 7. The first kappa shape index (κ1) is 15.8. The van der Waals surface area contributed by atoms with Gasteiger partial charge in [-0.3, -0.25) is 5.10 Å². The normalized spacial score (nSPS) is 11.0. The van der Waals surface area contributed by atoms with Crippen LogP contribution in [0.15, 0.2) is 24.3 Å². The lowest BCUT2D eigenvalue weighted by Gasteiger charge is -2.09. The summed E-state index contributed by atoms with van der Waals surface area (Å²) in [5.41, 5.74) is 1.33. The number of nitrogens with one attached hydrogen (secondary N) is 1. The van der Waals surface area contributed by atoms with Crippen LogP contribution in [-0.4, -0.2) is 21.4 Å². The second-order valence-electron chi connectivity index (χ2n) is 5.36. The summed E-state index contributed by atoms with van der Waals surface area (Å²) in [6.07, 6.45) is 1.79. The molecule has 0 aliphatic heterocycles. The van der Waals surface area contributed by atoms with Crippen molar-refractivity contribution in [1.82, 2.24) is 14.8 Å². The predicted molar refractivity (Wildman–Crippen MR) is 87.4 cm³/mol.